The van der Waals surface area contributed by atoms with Crippen LogP contribution in [0, 0.1) is 5.82 Å². The van der Waals surface area contributed by atoms with Gasteiger partial charge in [0.1, 0.15) is 11.4 Å². The maximum atomic E-state index is 12.8. The van der Waals surface area contributed by atoms with E-state index in [0.29, 0.717) is 0 Å². The third-order valence-electron chi connectivity index (χ3n) is 1.56. The molecule has 1 aromatic carbocycles. The van der Waals surface area contributed by atoms with E-state index in [1.165, 1.54) is 6.07 Å². The topological polar surface area (TPSA) is 101 Å². The second kappa shape index (κ2) is 3.28. The van der Waals surface area contributed by atoms with Crippen LogP contribution in [0.3, 0.4) is 0 Å². The van der Waals surface area contributed by atoms with E-state index >= 15 is 0 Å². The summed E-state index contributed by atoms with van der Waals surface area (Å²) in [6.07, 6.45) is 0. The fourth-order valence-corrected chi connectivity index (χ4v) is 0.945. The second-order valence-electron chi connectivity index (χ2n) is 2.33. The van der Waals surface area contributed by atoms with Crippen molar-refractivity contribution in [3.63, 3.8) is 0 Å². The molecule has 0 spiro atoms. The van der Waals surface area contributed by atoms with E-state index in [1.807, 2.05) is 0 Å². The molecule has 1 aromatic rings. The molecule has 0 saturated heterocycles. The summed E-state index contributed by atoms with van der Waals surface area (Å²) >= 11 is 0. The summed E-state index contributed by atoms with van der Waals surface area (Å²) < 4.78 is 12.8. The molecule has 6 N–H and O–H groups in total. The molecule has 13 heavy (non-hydrogen) atoms. The van der Waals surface area contributed by atoms with E-state index in [1.54, 1.807) is 0 Å². The van der Waals surface area contributed by atoms with Crippen LogP contribution in [0.1, 0.15) is 10.4 Å². The zero-order valence-electron chi connectivity index (χ0n) is 6.54. The van der Waals surface area contributed by atoms with Gasteiger partial charge in [-0.3, -0.25) is 5.84 Å². The molecular formula is C7H8FN3O2. The highest BCUT2D eigenvalue weighted by atomic mass is 19.1. The predicted molar refractivity (Wildman–Crippen MR) is 45.6 cm³/mol. The van der Waals surface area contributed by atoms with Gasteiger partial charge >= 0.3 is 5.97 Å². The maximum absolute atomic E-state index is 12.8. The molecule has 0 aliphatic carbocycles. The number of halogens is 1. The Labute approximate surface area is 73.1 Å². The van der Waals surface area contributed by atoms with Gasteiger partial charge in [0, 0.05) is 0 Å². The molecule has 0 aliphatic rings. The van der Waals surface area contributed by atoms with Gasteiger partial charge in [-0.2, -0.15) is 0 Å². The molecule has 0 atom stereocenters. The molecule has 70 valence electrons. The molecule has 0 radical (unpaired) electrons. The molecule has 0 heterocycles. The molecule has 6 heteroatoms. The summed E-state index contributed by atoms with van der Waals surface area (Å²) in [5.41, 5.74) is 6.61. The normalized spacial score (nSPS) is 9.69. The fourth-order valence-electron chi connectivity index (χ4n) is 0.945. The number of hydrogen-bond donors (Lipinski definition) is 4. The third kappa shape index (κ3) is 1.52. The van der Waals surface area contributed by atoms with E-state index < -0.39 is 17.5 Å². The van der Waals surface area contributed by atoms with Crippen molar-refractivity contribution >= 4 is 17.3 Å². The molecule has 0 aliphatic heterocycles. The number of carbonyl (C=O) groups is 1. The van der Waals surface area contributed by atoms with E-state index in [-0.39, 0.29) is 11.3 Å². The van der Waals surface area contributed by atoms with Crippen LogP contribution in [0.15, 0.2) is 12.1 Å². The average molecular weight is 185 g/mol. The minimum absolute atomic E-state index is 0.0754. The van der Waals surface area contributed by atoms with E-state index in [2.05, 4.69) is 5.43 Å². The van der Waals surface area contributed by atoms with Crippen LogP contribution in [0.25, 0.3) is 0 Å². The summed E-state index contributed by atoms with van der Waals surface area (Å²) in [6.45, 7) is 0. The number of anilines is 2. The molecule has 5 nitrogen and oxygen atoms in total. The lowest BCUT2D eigenvalue weighted by Gasteiger charge is -2.07. The minimum atomic E-state index is -1.33. The van der Waals surface area contributed by atoms with Crippen molar-refractivity contribution in [2.24, 2.45) is 5.84 Å². The number of carboxylic acid groups (broad SMARTS) is 1. The number of aromatic carboxylic acids is 1. The highest BCUT2D eigenvalue weighted by Crippen LogP contribution is 2.23. The van der Waals surface area contributed by atoms with Gasteiger partial charge in [-0.15, -0.1) is 0 Å². The largest absolute Gasteiger partial charge is 0.478 e. The lowest BCUT2D eigenvalue weighted by atomic mass is 10.1. The Bertz CT molecular complexity index is 354. The zero-order valence-corrected chi connectivity index (χ0v) is 6.54. The van der Waals surface area contributed by atoms with Gasteiger partial charge in [-0.25, -0.2) is 9.18 Å². The Morgan fingerprint density at radius 2 is 2.15 bits per heavy atom. The van der Waals surface area contributed by atoms with Crippen molar-refractivity contribution in [3.8, 4) is 0 Å². The van der Waals surface area contributed by atoms with Gasteiger partial charge in [0.2, 0.25) is 0 Å². The van der Waals surface area contributed by atoms with Gasteiger partial charge in [-0.1, -0.05) is 0 Å². The number of benzene rings is 1. The monoisotopic (exact) mass is 185 g/mol. The fraction of sp³-hybridized carbons (Fsp3) is 0. The van der Waals surface area contributed by atoms with Crippen LogP contribution < -0.4 is 17.0 Å². The summed E-state index contributed by atoms with van der Waals surface area (Å²) in [5.74, 6) is 2.91. The van der Waals surface area contributed by atoms with Crippen molar-refractivity contribution in [1.29, 1.82) is 0 Å². The van der Waals surface area contributed by atoms with Crippen molar-refractivity contribution in [3.05, 3.63) is 23.5 Å². The van der Waals surface area contributed by atoms with Crippen molar-refractivity contribution in [2.45, 2.75) is 0 Å². The number of nitrogens with two attached hydrogens (primary N) is 2. The van der Waals surface area contributed by atoms with Crippen molar-refractivity contribution < 1.29 is 14.3 Å². The van der Waals surface area contributed by atoms with Crippen molar-refractivity contribution in [1.82, 2.24) is 0 Å². The average Bonchev–Trinajstić information content (AvgIpc) is 2.08. The van der Waals surface area contributed by atoms with Crippen LogP contribution in [0.5, 0.6) is 0 Å². The zero-order chi connectivity index (χ0) is 10.0. The van der Waals surface area contributed by atoms with Crippen LogP contribution >= 0.6 is 0 Å². The first kappa shape index (κ1) is 9.27. The lowest BCUT2D eigenvalue weighted by molar-refractivity contribution is 0.0698. The second-order valence-corrected chi connectivity index (χ2v) is 2.33. The predicted octanol–water partition coefficient (Wildman–Crippen LogP) is 0.392. The molecule has 0 aromatic heterocycles. The Kier molecular flexibility index (Phi) is 2.34. The van der Waals surface area contributed by atoms with Gasteiger partial charge in [0.15, 0.2) is 0 Å². The van der Waals surface area contributed by atoms with E-state index in [0.717, 1.165) is 6.07 Å². The van der Waals surface area contributed by atoms with Crippen LogP contribution in [-0.4, -0.2) is 11.1 Å². The number of nitrogens with one attached hydrogen (secondary N) is 1. The quantitative estimate of drug-likeness (QED) is 0.303. The van der Waals surface area contributed by atoms with Crippen LogP contribution in [-0.2, 0) is 0 Å². The van der Waals surface area contributed by atoms with Gasteiger partial charge in [0.25, 0.3) is 0 Å². The summed E-state index contributed by atoms with van der Waals surface area (Å²) in [5, 5.41) is 8.66. The summed E-state index contributed by atoms with van der Waals surface area (Å²) in [6, 6.07) is 2.24. The maximum Gasteiger partial charge on any atom is 0.340 e. The molecule has 1 rings (SSSR count). The Hall–Kier alpha value is -1.82. The molecule has 0 unspecified atom stereocenters. The number of carboxylic acids is 1. The SMILES string of the molecule is NNc1ccc(F)c(N)c1C(=O)O. The number of hydrazine groups is 1. The molecule has 0 fully saturated rings. The van der Waals surface area contributed by atoms with E-state index in [9.17, 15) is 9.18 Å². The number of hydrogen-bond acceptors (Lipinski definition) is 4. The Morgan fingerprint density at radius 1 is 1.54 bits per heavy atom. The highest BCUT2D eigenvalue weighted by molar-refractivity contribution is 5.99. The molecular weight excluding hydrogens is 177 g/mol. The number of nitrogen functional groups attached to an aromatic ring is 2. The third-order valence-corrected chi connectivity index (χ3v) is 1.56. The Morgan fingerprint density at radius 3 is 2.62 bits per heavy atom. The highest BCUT2D eigenvalue weighted by Gasteiger charge is 2.16. The molecule has 0 bridgehead atoms. The number of rotatable bonds is 2. The standard InChI is InChI=1S/C7H8FN3O2/c8-3-1-2-4(11-10)5(6(3)9)7(12)13/h1-2,11H,9-10H2,(H,12,13). The first-order valence-corrected chi connectivity index (χ1v) is 3.35. The van der Waals surface area contributed by atoms with Crippen LogP contribution in [0.4, 0.5) is 15.8 Å². The van der Waals surface area contributed by atoms with Crippen molar-refractivity contribution in [2.75, 3.05) is 11.2 Å². The van der Waals surface area contributed by atoms with Gasteiger partial charge in [0.05, 0.1) is 11.4 Å². The summed E-state index contributed by atoms with van der Waals surface area (Å²) in [7, 11) is 0. The minimum Gasteiger partial charge on any atom is -0.478 e. The van der Waals surface area contributed by atoms with Crippen LogP contribution in [0.2, 0.25) is 0 Å². The first-order chi connectivity index (χ1) is 6.07. The molecule has 0 amide bonds. The Balaban J connectivity index is 3.41. The molecule has 0 saturated carbocycles. The summed E-state index contributed by atoms with van der Waals surface area (Å²) in [4.78, 5) is 10.6. The smallest absolute Gasteiger partial charge is 0.340 e. The first-order valence-electron chi connectivity index (χ1n) is 3.35. The van der Waals surface area contributed by atoms with E-state index in [4.69, 9.17) is 16.7 Å². The van der Waals surface area contributed by atoms with Gasteiger partial charge < -0.3 is 16.3 Å². The lowest BCUT2D eigenvalue weighted by Crippen LogP contribution is -2.14. The van der Waals surface area contributed by atoms with Gasteiger partial charge in [-0.05, 0) is 12.1 Å².